The number of rotatable bonds is 7. The number of allylic oxidation sites excluding steroid dienone is 2. The average molecular weight is 528 g/mol. The van der Waals surface area contributed by atoms with E-state index in [1.54, 1.807) is 6.07 Å². The molecular weight excluding hydrogens is 490 g/mol. The van der Waals surface area contributed by atoms with E-state index in [2.05, 4.69) is 90.8 Å². The number of aryl methyl sites for hydroxylation is 1. The first-order valence-corrected chi connectivity index (χ1v) is 14.5. The molecule has 4 aromatic rings. The number of hydrogen-bond donors (Lipinski definition) is 2. The second-order valence-electron chi connectivity index (χ2n) is 11.3. The number of hydrogen-bond acceptors (Lipinski definition) is 4. The molecule has 0 saturated carbocycles. The number of aromatic hydroxyl groups is 1. The molecule has 0 radical (unpaired) electrons. The topological polar surface area (TPSA) is 48.4 Å². The summed E-state index contributed by atoms with van der Waals surface area (Å²) in [7, 11) is 0. The van der Waals surface area contributed by atoms with Gasteiger partial charge in [-0.3, -0.25) is 0 Å². The van der Waals surface area contributed by atoms with E-state index in [9.17, 15) is 5.11 Å². The SMILES string of the molecule is CC(C)Cc1cc(-c2cc3c(c(N(c4ccccc4)[C@H]4C=CC=CN4)n2)CCCC3)cc(-c2ccccc2O)c1. The lowest BCUT2D eigenvalue weighted by atomic mass is 9.89. The fourth-order valence-electron chi connectivity index (χ4n) is 5.97. The van der Waals surface area contributed by atoms with Crippen LogP contribution in [0.2, 0.25) is 0 Å². The number of dihydropyridines is 1. The van der Waals surface area contributed by atoms with Crippen LogP contribution in [0.15, 0.2) is 103 Å². The number of pyridine rings is 1. The van der Waals surface area contributed by atoms with E-state index in [0.717, 1.165) is 53.2 Å². The number of phenols is 1. The highest BCUT2D eigenvalue weighted by molar-refractivity contribution is 5.78. The van der Waals surface area contributed by atoms with Gasteiger partial charge in [0.15, 0.2) is 0 Å². The third kappa shape index (κ3) is 5.40. The first-order valence-electron chi connectivity index (χ1n) is 14.5. The first-order chi connectivity index (χ1) is 19.6. The van der Waals surface area contributed by atoms with Gasteiger partial charge >= 0.3 is 0 Å². The lowest BCUT2D eigenvalue weighted by Crippen LogP contribution is -2.41. The summed E-state index contributed by atoms with van der Waals surface area (Å²) >= 11 is 0. The van der Waals surface area contributed by atoms with E-state index in [1.165, 1.54) is 29.5 Å². The van der Waals surface area contributed by atoms with Crippen LogP contribution in [-0.4, -0.2) is 16.3 Å². The summed E-state index contributed by atoms with van der Waals surface area (Å²) in [6.07, 6.45) is 13.7. The minimum atomic E-state index is -0.0368. The minimum Gasteiger partial charge on any atom is -0.507 e. The Kier molecular flexibility index (Phi) is 7.41. The molecule has 2 aliphatic rings. The van der Waals surface area contributed by atoms with Crippen LogP contribution in [0.25, 0.3) is 22.4 Å². The monoisotopic (exact) mass is 527 g/mol. The van der Waals surface area contributed by atoms with Crippen molar-refractivity contribution in [3.63, 3.8) is 0 Å². The van der Waals surface area contributed by atoms with Crippen molar-refractivity contribution in [2.75, 3.05) is 4.90 Å². The van der Waals surface area contributed by atoms with Crippen LogP contribution in [0.4, 0.5) is 11.5 Å². The van der Waals surface area contributed by atoms with Gasteiger partial charge in [0.05, 0.1) is 5.69 Å². The van der Waals surface area contributed by atoms with Gasteiger partial charge in [-0.15, -0.1) is 0 Å². The van der Waals surface area contributed by atoms with Crippen molar-refractivity contribution < 1.29 is 5.11 Å². The number of phenolic OH excluding ortho intramolecular Hbond substituents is 1. The summed E-state index contributed by atoms with van der Waals surface area (Å²) in [5.74, 6) is 1.84. The molecule has 0 amide bonds. The molecule has 1 aromatic heterocycles. The highest BCUT2D eigenvalue weighted by atomic mass is 16.3. The van der Waals surface area contributed by atoms with Gasteiger partial charge < -0.3 is 15.3 Å². The Bertz CT molecular complexity index is 1550. The zero-order chi connectivity index (χ0) is 27.5. The van der Waals surface area contributed by atoms with Gasteiger partial charge in [-0.25, -0.2) is 4.98 Å². The Hall–Kier alpha value is -4.31. The Morgan fingerprint density at radius 2 is 1.68 bits per heavy atom. The average Bonchev–Trinajstić information content (AvgIpc) is 2.98. The van der Waals surface area contributed by atoms with Crippen molar-refractivity contribution in [3.05, 3.63) is 120 Å². The van der Waals surface area contributed by atoms with Crippen molar-refractivity contribution in [1.29, 1.82) is 0 Å². The zero-order valence-corrected chi connectivity index (χ0v) is 23.3. The second-order valence-corrected chi connectivity index (χ2v) is 11.3. The normalized spacial score (nSPS) is 16.0. The molecule has 0 unspecified atom stereocenters. The van der Waals surface area contributed by atoms with Crippen molar-refractivity contribution in [3.8, 4) is 28.1 Å². The molecule has 0 spiro atoms. The number of para-hydroxylation sites is 2. The van der Waals surface area contributed by atoms with Crippen LogP contribution in [-0.2, 0) is 19.3 Å². The molecule has 1 aliphatic heterocycles. The third-order valence-electron chi connectivity index (χ3n) is 7.77. The van der Waals surface area contributed by atoms with Gasteiger partial charge in [0, 0.05) is 16.8 Å². The Morgan fingerprint density at radius 1 is 0.900 bits per heavy atom. The van der Waals surface area contributed by atoms with E-state index in [4.69, 9.17) is 4.98 Å². The van der Waals surface area contributed by atoms with Gasteiger partial charge in [-0.2, -0.15) is 0 Å². The minimum absolute atomic E-state index is 0.0368. The number of nitrogens with zero attached hydrogens (tertiary/aromatic N) is 2. The standard InChI is InChI=1S/C36H37N3O/c1-25(2)20-26-21-28(31-15-8-9-17-34(31)40)23-29(22-26)33-24-27-12-6-7-16-32(27)36(38-33)39(30-13-4-3-5-14-30)35-18-10-11-19-37-35/h3-5,8-11,13-15,17-19,21-25,35,37,40H,6-7,12,16,20H2,1-2H3/t35-/m0/s1. The van der Waals surface area contributed by atoms with E-state index in [-0.39, 0.29) is 6.17 Å². The van der Waals surface area contributed by atoms with E-state index < -0.39 is 0 Å². The zero-order valence-electron chi connectivity index (χ0n) is 23.3. The lowest BCUT2D eigenvalue weighted by Gasteiger charge is -2.35. The van der Waals surface area contributed by atoms with E-state index in [1.807, 2.05) is 30.5 Å². The highest BCUT2D eigenvalue weighted by Crippen LogP contribution is 2.39. The molecule has 0 bridgehead atoms. The van der Waals surface area contributed by atoms with Crippen LogP contribution in [0.5, 0.6) is 5.75 Å². The van der Waals surface area contributed by atoms with Crippen LogP contribution in [0.3, 0.4) is 0 Å². The van der Waals surface area contributed by atoms with Crippen molar-refractivity contribution in [1.82, 2.24) is 10.3 Å². The third-order valence-corrected chi connectivity index (χ3v) is 7.77. The summed E-state index contributed by atoms with van der Waals surface area (Å²) in [5.41, 5.74) is 9.05. The Morgan fingerprint density at radius 3 is 2.45 bits per heavy atom. The van der Waals surface area contributed by atoms with Crippen LogP contribution in [0, 0.1) is 5.92 Å². The number of aromatic nitrogens is 1. The van der Waals surface area contributed by atoms with Crippen LogP contribution in [0.1, 0.15) is 43.4 Å². The fourth-order valence-corrected chi connectivity index (χ4v) is 5.97. The van der Waals surface area contributed by atoms with Gasteiger partial charge in [0.1, 0.15) is 17.7 Å². The van der Waals surface area contributed by atoms with Gasteiger partial charge in [0.25, 0.3) is 0 Å². The molecule has 4 nitrogen and oxygen atoms in total. The van der Waals surface area contributed by atoms with Gasteiger partial charge in [-0.1, -0.05) is 62.4 Å². The number of anilines is 2. The second kappa shape index (κ2) is 11.4. The fraction of sp³-hybridized carbons (Fsp3) is 0.250. The maximum Gasteiger partial charge on any atom is 0.139 e. The molecule has 0 fully saturated rings. The summed E-state index contributed by atoms with van der Waals surface area (Å²) in [5, 5.41) is 14.2. The molecule has 1 atom stereocenters. The highest BCUT2D eigenvalue weighted by Gasteiger charge is 2.26. The molecule has 2 heterocycles. The van der Waals surface area contributed by atoms with E-state index in [0.29, 0.717) is 11.7 Å². The molecule has 40 heavy (non-hydrogen) atoms. The van der Waals surface area contributed by atoms with E-state index >= 15 is 0 Å². The lowest BCUT2D eigenvalue weighted by molar-refractivity contribution is 0.477. The molecule has 2 N–H and O–H groups in total. The molecule has 3 aromatic carbocycles. The maximum atomic E-state index is 10.7. The summed E-state index contributed by atoms with van der Waals surface area (Å²) < 4.78 is 0. The quantitative estimate of drug-likeness (QED) is 0.254. The Balaban J connectivity index is 1.55. The van der Waals surface area contributed by atoms with Crippen molar-refractivity contribution in [2.45, 2.75) is 52.1 Å². The van der Waals surface area contributed by atoms with Crippen LogP contribution >= 0.6 is 0 Å². The molecule has 1 aliphatic carbocycles. The van der Waals surface area contributed by atoms with Crippen LogP contribution < -0.4 is 10.2 Å². The molecule has 202 valence electrons. The number of fused-ring (bicyclic) bond motifs is 1. The number of benzene rings is 3. The summed E-state index contributed by atoms with van der Waals surface area (Å²) in [6.45, 7) is 4.50. The largest absolute Gasteiger partial charge is 0.507 e. The predicted molar refractivity (Wildman–Crippen MR) is 166 cm³/mol. The molecule has 6 rings (SSSR count). The van der Waals surface area contributed by atoms with Crippen molar-refractivity contribution >= 4 is 11.5 Å². The van der Waals surface area contributed by atoms with Gasteiger partial charge in [0.2, 0.25) is 0 Å². The summed E-state index contributed by atoms with van der Waals surface area (Å²) in [4.78, 5) is 7.79. The Labute approximate surface area is 237 Å². The van der Waals surface area contributed by atoms with Gasteiger partial charge in [-0.05, 0) is 115 Å². The summed E-state index contributed by atoms with van der Waals surface area (Å²) in [6, 6.07) is 27.2. The smallest absolute Gasteiger partial charge is 0.139 e. The maximum absolute atomic E-state index is 10.7. The molecular formula is C36H37N3O. The van der Waals surface area contributed by atoms with Crippen molar-refractivity contribution in [2.24, 2.45) is 5.92 Å². The first kappa shape index (κ1) is 25.9. The molecule has 0 saturated heterocycles. The molecule has 4 heteroatoms. The number of nitrogens with one attached hydrogen (secondary N) is 1. The predicted octanol–water partition coefficient (Wildman–Crippen LogP) is 8.34.